The largest absolute Gasteiger partial charge is 0.501 e. The highest BCUT2D eigenvalue weighted by molar-refractivity contribution is 5.89. The maximum absolute atomic E-state index is 12.1. The molecule has 8 heteroatoms. The van der Waals surface area contributed by atoms with Crippen LogP contribution in [0.15, 0.2) is 4.79 Å². The second kappa shape index (κ2) is 8.25. The van der Waals surface area contributed by atoms with E-state index in [2.05, 4.69) is 9.97 Å². The van der Waals surface area contributed by atoms with Crippen LogP contribution in [0.2, 0.25) is 0 Å². The first-order chi connectivity index (χ1) is 11.5. The molecule has 0 amide bonds. The molecule has 0 atom stereocenters. The van der Waals surface area contributed by atoms with Crippen molar-refractivity contribution >= 4 is 5.97 Å². The predicted octanol–water partition coefficient (Wildman–Crippen LogP) is 1.13. The summed E-state index contributed by atoms with van der Waals surface area (Å²) in [7, 11) is 0. The Balaban J connectivity index is 2.42. The van der Waals surface area contributed by atoms with Crippen LogP contribution in [0, 0.1) is 0 Å². The summed E-state index contributed by atoms with van der Waals surface area (Å²) in [6, 6.07) is 0. The minimum absolute atomic E-state index is 0.126. The number of nitrogens with zero attached hydrogens (tertiary/aromatic N) is 1. The first-order valence-corrected chi connectivity index (χ1v) is 8.20. The van der Waals surface area contributed by atoms with Crippen molar-refractivity contribution in [2.45, 2.75) is 38.5 Å². The first kappa shape index (κ1) is 18.4. The van der Waals surface area contributed by atoms with Gasteiger partial charge in [-0.2, -0.15) is 0 Å². The molecule has 24 heavy (non-hydrogen) atoms. The van der Waals surface area contributed by atoms with Crippen LogP contribution < -0.4 is 5.56 Å². The minimum atomic E-state index is -0.820. The summed E-state index contributed by atoms with van der Waals surface area (Å²) in [4.78, 5) is 30.8. The average molecular weight is 340 g/mol. The topological polar surface area (TPSA) is 111 Å². The van der Waals surface area contributed by atoms with Gasteiger partial charge in [-0.15, -0.1) is 0 Å². The monoisotopic (exact) mass is 340 g/mol. The highest BCUT2D eigenvalue weighted by Gasteiger charge is 2.38. The fraction of sp³-hybridized carbons (Fsp3) is 0.688. The third kappa shape index (κ3) is 3.93. The number of rotatable bonds is 7. The zero-order chi connectivity index (χ0) is 17.6. The molecule has 0 spiro atoms. The van der Waals surface area contributed by atoms with Gasteiger partial charge in [-0.25, -0.2) is 9.78 Å². The van der Waals surface area contributed by atoms with Crippen molar-refractivity contribution in [1.29, 1.82) is 0 Å². The zero-order valence-corrected chi connectivity index (χ0v) is 14.1. The molecule has 0 unspecified atom stereocenters. The number of carbonyl (C=O) groups is 1. The molecule has 1 aromatic heterocycles. The van der Waals surface area contributed by atoms with E-state index < -0.39 is 22.7 Å². The fourth-order valence-corrected chi connectivity index (χ4v) is 2.68. The third-order valence-corrected chi connectivity index (χ3v) is 4.04. The molecule has 2 rings (SSSR count). The molecule has 0 aromatic carbocycles. The van der Waals surface area contributed by atoms with Crippen molar-refractivity contribution in [2.24, 2.45) is 0 Å². The molecule has 1 fully saturated rings. The second-order valence-corrected chi connectivity index (χ2v) is 5.78. The number of ether oxygens (including phenoxy) is 3. The van der Waals surface area contributed by atoms with Gasteiger partial charge in [0, 0.05) is 19.8 Å². The number of aromatic hydroxyl groups is 1. The molecule has 1 aliphatic heterocycles. The van der Waals surface area contributed by atoms with Gasteiger partial charge in [0.15, 0.2) is 5.69 Å². The molecule has 0 saturated carbocycles. The number of hydrogen-bond donors (Lipinski definition) is 2. The molecular weight excluding hydrogens is 316 g/mol. The van der Waals surface area contributed by atoms with Crippen molar-refractivity contribution in [3.05, 3.63) is 21.9 Å². The molecule has 8 nitrogen and oxygen atoms in total. The van der Waals surface area contributed by atoms with Crippen LogP contribution >= 0.6 is 0 Å². The van der Waals surface area contributed by atoms with Gasteiger partial charge in [-0.1, -0.05) is 6.92 Å². The molecular formula is C16H24N2O6. The quantitative estimate of drug-likeness (QED) is 0.565. The van der Waals surface area contributed by atoms with Gasteiger partial charge in [0.1, 0.15) is 5.82 Å². The number of carbonyl (C=O) groups excluding carboxylic acids is 1. The normalized spacial score (nSPS) is 16.8. The molecule has 2 N–H and O–H groups in total. The van der Waals surface area contributed by atoms with Crippen LogP contribution in [0.25, 0.3) is 0 Å². The number of nitrogens with one attached hydrogen (secondary N) is 1. The van der Waals surface area contributed by atoms with Gasteiger partial charge < -0.3 is 24.3 Å². The van der Waals surface area contributed by atoms with Crippen LogP contribution in [-0.2, 0) is 19.6 Å². The van der Waals surface area contributed by atoms with Gasteiger partial charge in [0.2, 0.25) is 5.75 Å². The van der Waals surface area contributed by atoms with Crippen molar-refractivity contribution in [1.82, 2.24) is 9.97 Å². The molecule has 134 valence electrons. The standard InChI is InChI=1S/C16H24N2O6/c1-3-7-23-10-16(5-8-22-9-6-16)15-17-11(14(21)24-4-2)12(19)13(20)18-15/h19H,3-10H2,1-2H3,(H,17,18,20). The molecule has 1 aliphatic rings. The Kier molecular flexibility index (Phi) is 6.33. The van der Waals surface area contributed by atoms with E-state index in [0.29, 0.717) is 45.1 Å². The van der Waals surface area contributed by atoms with E-state index in [-0.39, 0.29) is 12.3 Å². The highest BCUT2D eigenvalue weighted by Crippen LogP contribution is 2.33. The minimum Gasteiger partial charge on any atom is -0.501 e. The SMILES string of the molecule is CCCOCC1(c2nc(C(=O)OCC)c(O)c(=O)[nH]2)CCOCC1. The van der Waals surface area contributed by atoms with Crippen molar-refractivity contribution < 1.29 is 24.1 Å². The lowest BCUT2D eigenvalue weighted by molar-refractivity contribution is -0.00322. The number of H-pyrrole nitrogens is 1. The molecule has 1 aromatic rings. The van der Waals surface area contributed by atoms with Gasteiger partial charge in [0.05, 0.1) is 18.6 Å². The highest BCUT2D eigenvalue weighted by atomic mass is 16.5. The van der Waals surface area contributed by atoms with Crippen LogP contribution in [-0.4, -0.2) is 54.1 Å². The fourth-order valence-electron chi connectivity index (χ4n) is 2.68. The molecule has 2 heterocycles. The summed E-state index contributed by atoms with van der Waals surface area (Å²) >= 11 is 0. The Labute approximate surface area is 140 Å². The Morgan fingerprint density at radius 1 is 1.38 bits per heavy atom. The van der Waals surface area contributed by atoms with Crippen LogP contribution in [0.1, 0.15) is 49.4 Å². The van der Waals surface area contributed by atoms with Gasteiger partial charge >= 0.3 is 5.97 Å². The first-order valence-electron chi connectivity index (χ1n) is 8.20. The van der Waals surface area contributed by atoms with E-state index in [9.17, 15) is 14.7 Å². The summed E-state index contributed by atoms with van der Waals surface area (Å²) in [5.41, 5.74) is -1.68. The molecule has 0 bridgehead atoms. The lowest BCUT2D eigenvalue weighted by atomic mass is 9.80. The van der Waals surface area contributed by atoms with E-state index in [1.165, 1.54) is 0 Å². The van der Waals surface area contributed by atoms with Gasteiger partial charge in [-0.3, -0.25) is 4.79 Å². The zero-order valence-electron chi connectivity index (χ0n) is 14.1. The van der Waals surface area contributed by atoms with Crippen LogP contribution in [0.3, 0.4) is 0 Å². The van der Waals surface area contributed by atoms with Crippen molar-refractivity contribution in [3.63, 3.8) is 0 Å². The van der Waals surface area contributed by atoms with E-state index in [0.717, 1.165) is 6.42 Å². The molecule has 1 saturated heterocycles. The number of aromatic amines is 1. The van der Waals surface area contributed by atoms with Crippen molar-refractivity contribution in [3.8, 4) is 5.75 Å². The summed E-state index contributed by atoms with van der Waals surface area (Å²) in [6.45, 7) is 5.75. The van der Waals surface area contributed by atoms with Gasteiger partial charge in [-0.05, 0) is 26.2 Å². The third-order valence-electron chi connectivity index (χ3n) is 4.04. The van der Waals surface area contributed by atoms with E-state index >= 15 is 0 Å². The Hall–Kier alpha value is -1.93. The molecule has 0 aliphatic carbocycles. The lowest BCUT2D eigenvalue weighted by Crippen LogP contribution is -2.41. The van der Waals surface area contributed by atoms with E-state index in [4.69, 9.17) is 14.2 Å². The smallest absolute Gasteiger partial charge is 0.361 e. The Morgan fingerprint density at radius 3 is 2.71 bits per heavy atom. The molecule has 0 radical (unpaired) electrons. The second-order valence-electron chi connectivity index (χ2n) is 5.78. The Morgan fingerprint density at radius 2 is 2.08 bits per heavy atom. The summed E-state index contributed by atoms with van der Waals surface area (Å²) < 4.78 is 16.0. The Bertz CT molecular complexity index is 621. The van der Waals surface area contributed by atoms with Gasteiger partial charge in [0.25, 0.3) is 5.56 Å². The maximum atomic E-state index is 12.1. The van der Waals surface area contributed by atoms with Crippen molar-refractivity contribution in [2.75, 3.05) is 33.0 Å². The van der Waals surface area contributed by atoms with E-state index in [1.807, 2.05) is 6.92 Å². The van der Waals surface area contributed by atoms with Crippen LogP contribution in [0.5, 0.6) is 5.75 Å². The van der Waals surface area contributed by atoms with E-state index in [1.54, 1.807) is 6.92 Å². The summed E-state index contributed by atoms with van der Waals surface area (Å²) in [5, 5.41) is 9.85. The number of hydrogen-bond acceptors (Lipinski definition) is 7. The predicted molar refractivity (Wildman–Crippen MR) is 85.3 cm³/mol. The summed E-state index contributed by atoms with van der Waals surface area (Å²) in [6.07, 6.45) is 2.08. The number of aromatic nitrogens is 2. The lowest BCUT2D eigenvalue weighted by Gasteiger charge is -2.35. The van der Waals surface area contributed by atoms with Crippen LogP contribution in [0.4, 0.5) is 0 Å². The maximum Gasteiger partial charge on any atom is 0.361 e. The number of esters is 1. The summed E-state index contributed by atoms with van der Waals surface area (Å²) in [5.74, 6) is -1.22. The average Bonchev–Trinajstić information content (AvgIpc) is 2.58.